The minimum absolute atomic E-state index is 0.0157. The molecule has 0 spiro atoms. The summed E-state index contributed by atoms with van der Waals surface area (Å²) < 4.78 is 24.6. The Labute approximate surface area is 178 Å². The quantitative estimate of drug-likeness (QED) is 0.644. The van der Waals surface area contributed by atoms with Crippen LogP contribution in [0.4, 0.5) is 10.1 Å². The number of halogens is 1. The van der Waals surface area contributed by atoms with Crippen molar-refractivity contribution in [3.63, 3.8) is 0 Å². The molecular formula is C24H31FN2O3. The summed E-state index contributed by atoms with van der Waals surface area (Å²) in [5.41, 5.74) is 2.53. The van der Waals surface area contributed by atoms with Crippen molar-refractivity contribution >= 4 is 11.6 Å². The van der Waals surface area contributed by atoms with Gasteiger partial charge in [0.1, 0.15) is 11.6 Å². The lowest BCUT2D eigenvalue weighted by Crippen LogP contribution is -2.48. The first-order valence-electron chi connectivity index (χ1n) is 10.6. The third-order valence-electron chi connectivity index (χ3n) is 5.07. The molecule has 0 aliphatic carbocycles. The van der Waals surface area contributed by atoms with Crippen LogP contribution in [0.15, 0.2) is 42.5 Å². The smallest absolute Gasteiger partial charge is 0.253 e. The minimum atomic E-state index is -0.240. The predicted molar refractivity (Wildman–Crippen MR) is 117 cm³/mol. The maximum atomic E-state index is 13.1. The molecule has 1 aliphatic rings. The molecule has 0 aromatic heterocycles. The van der Waals surface area contributed by atoms with Crippen LogP contribution >= 0.6 is 0 Å². The van der Waals surface area contributed by atoms with Gasteiger partial charge in [-0.25, -0.2) is 4.39 Å². The van der Waals surface area contributed by atoms with Crippen LogP contribution in [0.2, 0.25) is 0 Å². The van der Waals surface area contributed by atoms with Crippen molar-refractivity contribution in [1.82, 2.24) is 4.90 Å². The highest BCUT2D eigenvalue weighted by Gasteiger charge is 2.23. The molecule has 0 bridgehead atoms. The van der Waals surface area contributed by atoms with Gasteiger partial charge in [0.15, 0.2) is 0 Å². The lowest BCUT2D eigenvalue weighted by molar-refractivity contribution is 0.0745. The summed E-state index contributed by atoms with van der Waals surface area (Å²) in [7, 11) is 0. The molecule has 1 amide bonds. The van der Waals surface area contributed by atoms with Crippen LogP contribution in [-0.4, -0.2) is 50.2 Å². The molecule has 30 heavy (non-hydrogen) atoms. The molecule has 3 rings (SSSR count). The van der Waals surface area contributed by atoms with E-state index in [0.717, 1.165) is 30.1 Å². The van der Waals surface area contributed by atoms with Gasteiger partial charge in [-0.3, -0.25) is 4.79 Å². The number of amides is 1. The normalized spacial score (nSPS) is 14.3. The molecule has 1 heterocycles. The van der Waals surface area contributed by atoms with Gasteiger partial charge in [0.25, 0.3) is 5.91 Å². The van der Waals surface area contributed by atoms with Gasteiger partial charge < -0.3 is 19.3 Å². The van der Waals surface area contributed by atoms with Crippen molar-refractivity contribution in [2.45, 2.75) is 27.4 Å². The van der Waals surface area contributed by atoms with Gasteiger partial charge in [0, 0.05) is 49.6 Å². The average Bonchev–Trinajstić information content (AvgIpc) is 2.75. The standard InChI is InChI=1S/C24H31FN2O3/c1-4-30-23-10-5-19(15-20(23)17-29-16-18(2)3)24(28)27-13-11-26(12-14-27)22-8-6-21(25)7-9-22/h5-10,15,18H,4,11-14,16-17H2,1-3H3. The SMILES string of the molecule is CCOc1ccc(C(=O)N2CCN(c3ccc(F)cc3)CC2)cc1COCC(C)C. The fourth-order valence-electron chi connectivity index (χ4n) is 3.53. The second kappa shape index (κ2) is 10.4. The van der Waals surface area contributed by atoms with Gasteiger partial charge in [-0.1, -0.05) is 13.8 Å². The highest BCUT2D eigenvalue weighted by atomic mass is 19.1. The van der Waals surface area contributed by atoms with Crippen molar-refractivity contribution in [3.05, 3.63) is 59.4 Å². The Kier molecular flexibility index (Phi) is 7.69. The Hall–Kier alpha value is -2.60. The van der Waals surface area contributed by atoms with E-state index in [2.05, 4.69) is 18.7 Å². The minimum Gasteiger partial charge on any atom is -0.494 e. The topological polar surface area (TPSA) is 42.0 Å². The van der Waals surface area contributed by atoms with E-state index >= 15 is 0 Å². The van der Waals surface area contributed by atoms with E-state index < -0.39 is 0 Å². The lowest BCUT2D eigenvalue weighted by atomic mass is 10.1. The van der Waals surface area contributed by atoms with Gasteiger partial charge in [-0.05, 0) is 55.3 Å². The summed E-state index contributed by atoms with van der Waals surface area (Å²) in [6, 6.07) is 12.1. The number of nitrogens with zero attached hydrogens (tertiary/aromatic N) is 2. The van der Waals surface area contributed by atoms with Gasteiger partial charge in [0.05, 0.1) is 13.2 Å². The second-order valence-corrected chi connectivity index (χ2v) is 7.92. The number of anilines is 1. The summed E-state index contributed by atoms with van der Waals surface area (Å²) in [4.78, 5) is 17.1. The maximum absolute atomic E-state index is 13.1. The number of piperazine rings is 1. The molecule has 1 fully saturated rings. The Morgan fingerprint density at radius 3 is 2.40 bits per heavy atom. The van der Waals surface area contributed by atoms with Crippen molar-refractivity contribution in [2.75, 3.05) is 44.3 Å². The molecule has 0 N–H and O–H groups in total. The molecular weight excluding hydrogens is 383 g/mol. The number of hydrogen-bond acceptors (Lipinski definition) is 4. The fraction of sp³-hybridized carbons (Fsp3) is 0.458. The van der Waals surface area contributed by atoms with E-state index in [-0.39, 0.29) is 11.7 Å². The molecule has 0 radical (unpaired) electrons. The number of ether oxygens (including phenoxy) is 2. The molecule has 5 nitrogen and oxygen atoms in total. The molecule has 162 valence electrons. The fourth-order valence-corrected chi connectivity index (χ4v) is 3.53. The number of benzene rings is 2. The zero-order chi connectivity index (χ0) is 21.5. The van der Waals surface area contributed by atoms with E-state index in [4.69, 9.17) is 9.47 Å². The summed E-state index contributed by atoms with van der Waals surface area (Å²) >= 11 is 0. The first kappa shape index (κ1) is 22.1. The monoisotopic (exact) mass is 414 g/mol. The lowest BCUT2D eigenvalue weighted by Gasteiger charge is -2.36. The predicted octanol–water partition coefficient (Wildman–Crippen LogP) is 4.36. The van der Waals surface area contributed by atoms with Crippen molar-refractivity contribution in [2.24, 2.45) is 5.92 Å². The third-order valence-corrected chi connectivity index (χ3v) is 5.07. The molecule has 2 aromatic carbocycles. The van der Waals surface area contributed by atoms with Crippen molar-refractivity contribution in [1.29, 1.82) is 0 Å². The summed E-state index contributed by atoms with van der Waals surface area (Å²) in [6.07, 6.45) is 0. The van der Waals surface area contributed by atoms with Crippen molar-refractivity contribution in [3.8, 4) is 5.75 Å². The van der Waals surface area contributed by atoms with Gasteiger partial charge in [-0.15, -0.1) is 0 Å². The van der Waals surface area contributed by atoms with Crippen LogP contribution in [-0.2, 0) is 11.3 Å². The third kappa shape index (κ3) is 5.72. The number of hydrogen-bond donors (Lipinski definition) is 0. The largest absolute Gasteiger partial charge is 0.494 e. The van der Waals surface area contributed by atoms with Gasteiger partial charge >= 0.3 is 0 Å². The molecule has 2 aromatic rings. The van der Waals surface area contributed by atoms with Crippen LogP contribution in [0.25, 0.3) is 0 Å². The summed E-state index contributed by atoms with van der Waals surface area (Å²) in [5, 5.41) is 0. The van der Waals surface area contributed by atoms with E-state index in [9.17, 15) is 9.18 Å². The Morgan fingerprint density at radius 1 is 1.07 bits per heavy atom. The van der Waals surface area contributed by atoms with Crippen LogP contribution < -0.4 is 9.64 Å². The van der Waals surface area contributed by atoms with E-state index in [0.29, 0.717) is 44.4 Å². The number of carbonyl (C=O) groups excluding carboxylic acids is 1. The average molecular weight is 415 g/mol. The van der Waals surface area contributed by atoms with Crippen LogP contribution in [0, 0.1) is 11.7 Å². The first-order valence-corrected chi connectivity index (χ1v) is 10.6. The molecule has 1 saturated heterocycles. The van der Waals surface area contributed by atoms with E-state index in [1.807, 2.05) is 30.0 Å². The molecule has 0 saturated carbocycles. The summed E-state index contributed by atoms with van der Waals surface area (Å²) in [5.74, 6) is 0.986. The van der Waals surface area contributed by atoms with Gasteiger partial charge in [0.2, 0.25) is 0 Å². The zero-order valence-electron chi connectivity index (χ0n) is 18.1. The van der Waals surface area contributed by atoms with Crippen molar-refractivity contribution < 1.29 is 18.7 Å². The zero-order valence-corrected chi connectivity index (χ0v) is 18.1. The highest BCUT2D eigenvalue weighted by Crippen LogP contribution is 2.24. The van der Waals surface area contributed by atoms with E-state index in [1.165, 1.54) is 12.1 Å². The summed E-state index contributed by atoms with van der Waals surface area (Å²) in [6.45, 7) is 10.5. The molecule has 0 atom stereocenters. The van der Waals surface area contributed by atoms with Crippen LogP contribution in [0.3, 0.4) is 0 Å². The maximum Gasteiger partial charge on any atom is 0.253 e. The molecule has 1 aliphatic heterocycles. The highest BCUT2D eigenvalue weighted by molar-refractivity contribution is 5.94. The van der Waals surface area contributed by atoms with Gasteiger partial charge in [-0.2, -0.15) is 0 Å². The second-order valence-electron chi connectivity index (χ2n) is 7.92. The Bertz CT molecular complexity index is 831. The van der Waals surface area contributed by atoms with Crippen LogP contribution in [0.5, 0.6) is 5.75 Å². The number of carbonyl (C=O) groups is 1. The first-order chi connectivity index (χ1) is 14.5. The Balaban J connectivity index is 1.65. The number of rotatable bonds is 8. The molecule has 0 unspecified atom stereocenters. The Morgan fingerprint density at radius 2 is 1.77 bits per heavy atom. The molecule has 6 heteroatoms. The van der Waals surface area contributed by atoms with E-state index in [1.54, 1.807) is 12.1 Å². The van der Waals surface area contributed by atoms with Crippen LogP contribution in [0.1, 0.15) is 36.7 Å².